The van der Waals surface area contributed by atoms with Crippen LogP contribution in [0.4, 0.5) is 0 Å². The van der Waals surface area contributed by atoms with Gasteiger partial charge in [0.1, 0.15) is 18.0 Å². The fourth-order valence-electron chi connectivity index (χ4n) is 8.38. The van der Waals surface area contributed by atoms with E-state index in [9.17, 15) is 29.6 Å². The molecule has 5 rings (SSSR count). The summed E-state index contributed by atoms with van der Waals surface area (Å²) in [5.41, 5.74) is -1.19. The molecule has 3 fully saturated rings. The Morgan fingerprint density at radius 1 is 1.24 bits per heavy atom. The Bertz CT molecular complexity index is 1340. The number of hydrogen-bond acceptors (Lipinski definition) is 9. The van der Waals surface area contributed by atoms with Gasteiger partial charge >= 0.3 is 13.0 Å². The summed E-state index contributed by atoms with van der Waals surface area (Å²) in [4.78, 5) is 39.7. The first-order valence-corrected chi connectivity index (χ1v) is 14.7. The van der Waals surface area contributed by atoms with E-state index in [1.165, 1.54) is 13.1 Å². The van der Waals surface area contributed by atoms with Gasteiger partial charge in [-0.3, -0.25) is 9.59 Å². The zero-order valence-electron chi connectivity index (χ0n) is 24.9. The topological polar surface area (TPSA) is 146 Å². The van der Waals surface area contributed by atoms with E-state index in [-0.39, 0.29) is 30.5 Å². The van der Waals surface area contributed by atoms with Gasteiger partial charge in [-0.25, -0.2) is 9.71 Å². The van der Waals surface area contributed by atoms with Crippen LogP contribution in [0.3, 0.4) is 0 Å². The van der Waals surface area contributed by atoms with Crippen molar-refractivity contribution < 1.29 is 39.1 Å². The fraction of sp³-hybridized carbons (Fsp3) is 0.613. The van der Waals surface area contributed by atoms with E-state index in [4.69, 9.17) is 9.47 Å². The summed E-state index contributed by atoms with van der Waals surface area (Å²) in [6, 6.07) is 4.86. The molecule has 2 bridgehead atoms. The van der Waals surface area contributed by atoms with Gasteiger partial charge < -0.3 is 24.7 Å². The van der Waals surface area contributed by atoms with Crippen molar-refractivity contribution >= 4 is 36.4 Å². The van der Waals surface area contributed by atoms with Gasteiger partial charge in [-0.2, -0.15) is 5.10 Å². The largest absolute Gasteiger partial charge is 0.482 e. The lowest BCUT2D eigenvalue weighted by Gasteiger charge is -2.61. The quantitative estimate of drug-likeness (QED) is 0.272. The summed E-state index contributed by atoms with van der Waals surface area (Å²) >= 11 is 0. The first-order chi connectivity index (χ1) is 19.7. The van der Waals surface area contributed by atoms with Crippen LogP contribution in [0.15, 0.2) is 36.0 Å². The summed E-state index contributed by atoms with van der Waals surface area (Å²) in [6.07, 6.45) is 2.47. The number of carbonyl (C=O) groups is 3. The Balaban J connectivity index is 1.42. The van der Waals surface area contributed by atoms with E-state index < -0.39 is 66.0 Å². The average molecular weight is 580 g/mol. The maximum Gasteiger partial charge on any atom is 0.474 e. The number of rotatable bonds is 5. The van der Waals surface area contributed by atoms with Crippen molar-refractivity contribution in [3.8, 4) is 5.75 Å². The molecule has 11 heteroatoms. The molecule has 0 spiro atoms. The maximum absolute atomic E-state index is 13.6. The van der Waals surface area contributed by atoms with Crippen molar-refractivity contribution in [2.45, 2.75) is 78.6 Å². The number of ether oxygens (including phenoxy) is 2. The molecule has 9 atom stereocenters. The standard InChI is InChI=1S/C31H41BN2O8/c1-7-29(5)14-24(30(6)17(2)10-11-31(18(3)28(29)39)13-23(36)26(38)27(30)31)42-25(37)16-41-21-9-8-20-15-33-34(19(4)35)32(40)22(20)12-21/h7-9,12,15,17-18,23-24,27-28,36,39-40H,1,10-11,13-14,16H2,2-6H3/t17-,18-,23-,24+,27-,28-,29+,30-,31-/m0/s1. The van der Waals surface area contributed by atoms with Gasteiger partial charge in [0.2, 0.25) is 5.91 Å². The molecule has 0 radical (unpaired) electrons. The zero-order chi connectivity index (χ0) is 30.8. The minimum Gasteiger partial charge on any atom is -0.482 e. The Labute approximate surface area is 246 Å². The lowest BCUT2D eigenvalue weighted by atomic mass is 9.44. The molecule has 0 unspecified atom stereocenters. The molecule has 1 aliphatic heterocycles. The summed E-state index contributed by atoms with van der Waals surface area (Å²) in [5.74, 6) is -1.85. The molecule has 3 aliphatic carbocycles. The number of esters is 1. The van der Waals surface area contributed by atoms with Crippen LogP contribution in [0.2, 0.25) is 0 Å². The van der Waals surface area contributed by atoms with Crippen molar-refractivity contribution in [3.05, 3.63) is 36.4 Å². The normalized spacial score (nSPS) is 39.1. The van der Waals surface area contributed by atoms with Crippen LogP contribution in [-0.2, 0) is 19.1 Å². The second kappa shape index (κ2) is 10.6. The molecule has 1 heterocycles. The van der Waals surface area contributed by atoms with E-state index in [0.717, 1.165) is 11.3 Å². The van der Waals surface area contributed by atoms with Gasteiger partial charge in [0.05, 0.1) is 12.3 Å². The van der Waals surface area contributed by atoms with Gasteiger partial charge in [0, 0.05) is 23.7 Å². The first-order valence-electron chi connectivity index (χ1n) is 14.7. The lowest BCUT2D eigenvalue weighted by molar-refractivity contribution is -0.207. The van der Waals surface area contributed by atoms with Gasteiger partial charge in [0.15, 0.2) is 12.4 Å². The number of hydrogen-bond donors (Lipinski definition) is 3. The molecule has 3 saturated carbocycles. The molecule has 42 heavy (non-hydrogen) atoms. The van der Waals surface area contributed by atoms with Crippen molar-refractivity contribution in [1.29, 1.82) is 0 Å². The third kappa shape index (κ3) is 4.52. The molecule has 226 valence electrons. The Morgan fingerprint density at radius 3 is 2.62 bits per heavy atom. The van der Waals surface area contributed by atoms with E-state index in [1.54, 1.807) is 24.3 Å². The summed E-state index contributed by atoms with van der Waals surface area (Å²) in [6.45, 7) is 12.8. The number of aliphatic hydroxyl groups is 2. The van der Waals surface area contributed by atoms with Crippen molar-refractivity contribution in [3.63, 3.8) is 0 Å². The molecule has 1 amide bonds. The van der Waals surface area contributed by atoms with Gasteiger partial charge in [-0.05, 0) is 66.1 Å². The number of fused-ring (bicyclic) bond motifs is 1. The van der Waals surface area contributed by atoms with Gasteiger partial charge in [-0.15, -0.1) is 6.58 Å². The third-order valence-corrected chi connectivity index (χ3v) is 11.2. The van der Waals surface area contributed by atoms with Crippen molar-refractivity contribution in [2.75, 3.05) is 6.61 Å². The van der Waals surface area contributed by atoms with Crippen LogP contribution in [0.5, 0.6) is 5.75 Å². The lowest BCUT2D eigenvalue weighted by Crippen LogP contribution is -2.63. The highest BCUT2D eigenvalue weighted by molar-refractivity contribution is 6.67. The van der Waals surface area contributed by atoms with Crippen molar-refractivity contribution in [1.82, 2.24) is 4.92 Å². The average Bonchev–Trinajstić information content (AvgIpc) is 3.23. The second-order valence-corrected chi connectivity index (χ2v) is 13.3. The molecular formula is C31H41BN2O8. The van der Waals surface area contributed by atoms with E-state index >= 15 is 0 Å². The van der Waals surface area contributed by atoms with Crippen LogP contribution >= 0.6 is 0 Å². The van der Waals surface area contributed by atoms with Crippen LogP contribution in [0.25, 0.3) is 0 Å². The Hall–Kier alpha value is -3.02. The smallest absolute Gasteiger partial charge is 0.474 e. The van der Waals surface area contributed by atoms with Crippen LogP contribution in [-0.4, -0.2) is 76.0 Å². The molecule has 0 aromatic heterocycles. The highest BCUT2D eigenvalue weighted by Gasteiger charge is 2.70. The predicted octanol–water partition coefficient (Wildman–Crippen LogP) is 1.83. The predicted molar refractivity (Wildman–Crippen MR) is 156 cm³/mol. The zero-order valence-corrected chi connectivity index (χ0v) is 24.9. The molecule has 1 aromatic rings. The number of ketones is 1. The fourth-order valence-corrected chi connectivity index (χ4v) is 8.38. The molecule has 0 saturated heterocycles. The Kier molecular flexibility index (Phi) is 7.69. The summed E-state index contributed by atoms with van der Waals surface area (Å²) < 4.78 is 11.9. The number of benzene rings is 1. The number of amides is 1. The molecular weight excluding hydrogens is 539 g/mol. The van der Waals surface area contributed by atoms with E-state index in [2.05, 4.69) is 18.6 Å². The Morgan fingerprint density at radius 2 is 1.95 bits per heavy atom. The van der Waals surface area contributed by atoms with Gasteiger partial charge in [0.25, 0.3) is 0 Å². The molecule has 1 aromatic carbocycles. The minimum absolute atomic E-state index is 0.00752. The molecule has 10 nitrogen and oxygen atoms in total. The summed E-state index contributed by atoms with van der Waals surface area (Å²) in [7, 11) is -1.29. The number of hydrazone groups is 1. The van der Waals surface area contributed by atoms with Crippen LogP contribution in [0, 0.1) is 34.0 Å². The number of aliphatic hydroxyl groups excluding tert-OH is 2. The monoisotopic (exact) mass is 580 g/mol. The molecule has 3 N–H and O–H groups in total. The maximum atomic E-state index is 13.6. The van der Waals surface area contributed by atoms with Crippen molar-refractivity contribution in [2.24, 2.45) is 39.1 Å². The highest BCUT2D eigenvalue weighted by atomic mass is 16.6. The SMILES string of the molecule is C=C[C@]1(C)C[C@@H](OC(=O)COc2ccc3c(c2)B(O)N(C(C)=O)N=C3)[C@@]2(C)[C@@H]3C(=O)[C@@H](O)C[C@@]3(CC[C@@H]2C)[C@@H](C)[C@@H]1O. The van der Waals surface area contributed by atoms with E-state index in [0.29, 0.717) is 23.2 Å². The molecule has 4 aliphatic rings. The number of Topliss-reactive ketones (excluding diaryl/α,β-unsaturated/α-hetero) is 1. The highest BCUT2D eigenvalue weighted by Crippen LogP contribution is 2.68. The first kappa shape index (κ1) is 30.4. The van der Waals surface area contributed by atoms with E-state index in [1.807, 2.05) is 20.8 Å². The van der Waals surface area contributed by atoms with Crippen LogP contribution in [0.1, 0.15) is 65.9 Å². The van der Waals surface area contributed by atoms with Crippen LogP contribution < -0.4 is 10.2 Å². The number of carbonyl (C=O) groups excluding carboxylic acids is 3. The van der Waals surface area contributed by atoms with Gasteiger partial charge in [-0.1, -0.05) is 39.8 Å². The minimum atomic E-state index is -1.29. The summed E-state index contributed by atoms with van der Waals surface area (Å²) in [5, 5.41) is 37.1. The third-order valence-electron chi connectivity index (χ3n) is 11.2. The number of nitrogens with zero attached hydrogens (tertiary/aromatic N) is 2. The second-order valence-electron chi connectivity index (χ2n) is 13.3.